The van der Waals surface area contributed by atoms with Gasteiger partial charge in [-0.15, -0.1) is 0 Å². The fourth-order valence-electron chi connectivity index (χ4n) is 1.38. The number of thiophene rings is 2. The van der Waals surface area contributed by atoms with Crippen molar-refractivity contribution >= 4 is 28.2 Å². The highest BCUT2D eigenvalue weighted by atomic mass is 35.5. The number of rotatable bonds is 3. The summed E-state index contributed by atoms with van der Waals surface area (Å²) in [5, 5.41) is 8.58. The molecule has 0 amide bonds. The molecule has 1 nitrogen and oxygen atoms in total. The smallest absolute Gasteiger partial charge is 0.0936 e. The van der Waals surface area contributed by atoms with Gasteiger partial charge in [-0.05, 0) is 56.4 Å². The van der Waals surface area contributed by atoms with Crippen molar-refractivity contribution in [1.29, 1.82) is 0 Å². The zero-order valence-corrected chi connectivity index (χ0v) is 10.5. The SMILES string of the molecule is [Cl-].[NH3+]CC=C(c1ccsc1)c1ccsc1. The van der Waals surface area contributed by atoms with E-state index >= 15 is 0 Å². The maximum absolute atomic E-state index is 3.88. The van der Waals surface area contributed by atoms with Crippen LogP contribution in [0.4, 0.5) is 0 Å². The Kier molecular flexibility index (Phi) is 5.05. The Bertz CT molecular complexity index is 367. The lowest BCUT2D eigenvalue weighted by molar-refractivity contribution is -0.352. The van der Waals surface area contributed by atoms with E-state index < -0.39 is 0 Å². The van der Waals surface area contributed by atoms with E-state index in [1.807, 2.05) is 0 Å². The summed E-state index contributed by atoms with van der Waals surface area (Å²) in [6, 6.07) is 4.31. The number of hydrogen-bond acceptors (Lipinski definition) is 2. The van der Waals surface area contributed by atoms with Crippen molar-refractivity contribution < 1.29 is 18.1 Å². The topological polar surface area (TPSA) is 27.6 Å². The van der Waals surface area contributed by atoms with Crippen LogP contribution in [0.15, 0.2) is 39.7 Å². The number of quaternary nitrogens is 1. The van der Waals surface area contributed by atoms with Gasteiger partial charge in [0.05, 0.1) is 6.54 Å². The Morgan fingerprint density at radius 3 is 2.00 bits per heavy atom. The maximum Gasteiger partial charge on any atom is 0.0936 e. The lowest BCUT2D eigenvalue weighted by atomic mass is 10.0. The predicted molar refractivity (Wildman–Crippen MR) is 63.5 cm³/mol. The predicted octanol–water partition coefficient (Wildman–Crippen LogP) is -0.513. The van der Waals surface area contributed by atoms with E-state index in [1.54, 1.807) is 22.7 Å². The van der Waals surface area contributed by atoms with E-state index in [0.29, 0.717) is 0 Å². The molecule has 0 aliphatic rings. The normalized spacial score (nSPS) is 9.40. The maximum atomic E-state index is 3.88. The lowest BCUT2D eigenvalue weighted by Crippen LogP contribution is -3.00. The largest absolute Gasteiger partial charge is 1.00 e. The van der Waals surface area contributed by atoms with Crippen molar-refractivity contribution in [3.05, 3.63) is 50.9 Å². The molecule has 2 aromatic heterocycles. The van der Waals surface area contributed by atoms with Gasteiger partial charge >= 0.3 is 0 Å². The molecule has 0 spiro atoms. The van der Waals surface area contributed by atoms with Crippen LogP contribution in [0.1, 0.15) is 11.1 Å². The van der Waals surface area contributed by atoms with Crippen LogP contribution in [0.25, 0.3) is 5.57 Å². The third kappa shape index (κ3) is 2.92. The summed E-state index contributed by atoms with van der Waals surface area (Å²) in [5.41, 5.74) is 7.79. The molecule has 0 radical (unpaired) electrons. The van der Waals surface area contributed by atoms with Crippen LogP contribution >= 0.6 is 22.7 Å². The molecule has 2 heterocycles. The third-order valence-corrected chi connectivity index (χ3v) is 3.38. The van der Waals surface area contributed by atoms with Crippen LogP contribution in [-0.4, -0.2) is 6.54 Å². The summed E-state index contributed by atoms with van der Waals surface area (Å²) in [5.74, 6) is 0. The van der Waals surface area contributed by atoms with Crippen molar-refractivity contribution in [2.75, 3.05) is 6.54 Å². The average molecular weight is 258 g/mol. The highest BCUT2D eigenvalue weighted by Gasteiger charge is 2.05. The second kappa shape index (κ2) is 6.08. The molecule has 4 heteroatoms. The monoisotopic (exact) mass is 257 g/mol. The molecule has 15 heavy (non-hydrogen) atoms. The van der Waals surface area contributed by atoms with E-state index in [9.17, 15) is 0 Å². The second-order valence-electron chi connectivity index (χ2n) is 2.93. The van der Waals surface area contributed by atoms with Gasteiger partial charge in [0.1, 0.15) is 0 Å². The van der Waals surface area contributed by atoms with Gasteiger partial charge in [-0.2, -0.15) is 22.7 Å². The van der Waals surface area contributed by atoms with E-state index in [2.05, 4.69) is 45.5 Å². The van der Waals surface area contributed by atoms with Crippen LogP contribution in [0.3, 0.4) is 0 Å². The molecular formula is C11H12ClNS2. The molecule has 0 fully saturated rings. The van der Waals surface area contributed by atoms with Gasteiger partial charge < -0.3 is 18.1 Å². The summed E-state index contributed by atoms with van der Waals surface area (Å²) in [6.07, 6.45) is 2.18. The Morgan fingerprint density at radius 1 is 1.13 bits per heavy atom. The van der Waals surface area contributed by atoms with Gasteiger partial charge in [0, 0.05) is 0 Å². The molecule has 0 aliphatic carbocycles. The average Bonchev–Trinajstić information content (AvgIpc) is 2.87. The molecule has 0 bridgehead atoms. The molecule has 2 rings (SSSR count). The molecule has 0 saturated heterocycles. The fourth-order valence-corrected chi connectivity index (χ4v) is 2.69. The van der Waals surface area contributed by atoms with Crippen molar-refractivity contribution in [2.45, 2.75) is 0 Å². The highest BCUT2D eigenvalue weighted by molar-refractivity contribution is 7.08. The van der Waals surface area contributed by atoms with E-state index in [-0.39, 0.29) is 12.4 Å². The van der Waals surface area contributed by atoms with Crippen LogP contribution in [0.2, 0.25) is 0 Å². The van der Waals surface area contributed by atoms with Crippen molar-refractivity contribution in [3.8, 4) is 0 Å². The molecule has 0 aromatic carbocycles. The zero-order chi connectivity index (χ0) is 9.80. The summed E-state index contributed by atoms with van der Waals surface area (Å²) in [6.45, 7) is 0.834. The van der Waals surface area contributed by atoms with Crippen LogP contribution < -0.4 is 18.1 Å². The first-order chi connectivity index (χ1) is 6.92. The molecule has 0 aliphatic heterocycles. The van der Waals surface area contributed by atoms with Crippen LogP contribution in [0.5, 0.6) is 0 Å². The van der Waals surface area contributed by atoms with Crippen molar-refractivity contribution in [1.82, 2.24) is 0 Å². The molecule has 3 N–H and O–H groups in total. The third-order valence-electron chi connectivity index (χ3n) is 2.01. The van der Waals surface area contributed by atoms with Gasteiger partial charge in [-0.25, -0.2) is 0 Å². The first-order valence-corrected chi connectivity index (χ1v) is 6.35. The molecule has 80 valence electrons. The Morgan fingerprint density at radius 2 is 1.67 bits per heavy atom. The summed E-state index contributed by atoms with van der Waals surface area (Å²) in [4.78, 5) is 0. The second-order valence-corrected chi connectivity index (χ2v) is 4.49. The van der Waals surface area contributed by atoms with Gasteiger partial charge in [-0.3, -0.25) is 0 Å². The quantitative estimate of drug-likeness (QED) is 0.767. The highest BCUT2D eigenvalue weighted by Crippen LogP contribution is 2.26. The molecule has 2 aromatic rings. The minimum atomic E-state index is 0. The van der Waals surface area contributed by atoms with Gasteiger partial charge in [0.2, 0.25) is 0 Å². The first kappa shape index (κ1) is 12.5. The van der Waals surface area contributed by atoms with Crippen LogP contribution in [0, 0.1) is 0 Å². The minimum Gasteiger partial charge on any atom is -1.00 e. The minimum absolute atomic E-state index is 0. The summed E-state index contributed by atoms with van der Waals surface area (Å²) in [7, 11) is 0. The molecular weight excluding hydrogens is 246 g/mol. The lowest BCUT2D eigenvalue weighted by Gasteiger charge is -2.01. The van der Waals surface area contributed by atoms with Crippen LogP contribution in [-0.2, 0) is 0 Å². The van der Waals surface area contributed by atoms with Gasteiger partial charge in [-0.1, -0.05) is 0 Å². The number of halogens is 1. The van der Waals surface area contributed by atoms with E-state index in [0.717, 1.165) is 6.54 Å². The van der Waals surface area contributed by atoms with Crippen molar-refractivity contribution in [3.63, 3.8) is 0 Å². The van der Waals surface area contributed by atoms with E-state index in [1.165, 1.54) is 16.7 Å². The fraction of sp³-hybridized carbons (Fsp3) is 0.0909. The molecule has 0 saturated carbocycles. The Hall–Kier alpha value is -0.610. The molecule has 0 unspecified atom stereocenters. The van der Waals surface area contributed by atoms with E-state index in [4.69, 9.17) is 0 Å². The summed E-state index contributed by atoms with van der Waals surface area (Å²) >= 11 is 3.47. The summed E-state index contributed by atoms with van der Waals surface area (Å²) < 4.78 is 0. The van der Waals surface area contributed by atoms with Gasteiger partial charge in [0.25, 0.3) is 0 Å². The first-order valence-electron chi connectivity index (χ1n) is 4.46. The number of hydrogen-bond donors (Lipinski definition) is 1. The van der Waals surface area contributed by atoms with Crippen molar-refractivity contribution in [2.24, 2.45) is 0 Å². The zero-order valence-electron chi connectivity index (χ0n) is 8.15. The Balaban J connectivity index is 0.00000112. The standard InChI is InChI=1S/C11H11NS2.ClH/c12-4-1-11(9-2-5-13-7-9)10-3-6-14-8-10;/h1-3,5-8H,4,12H2;1H. The molecule has 0 atom stereocenters. The van der Waals surface area contributed by atoms with Gasteiger partial charge in [0.15, 0.2) is 0 Å². The Labute approximate surface area is 104 Å².